The summed E-state index contributed by atoms with van der Waals surface area (Å²) >= 11 is 0. The highest BCUT2D eigenvalue weighted by molar-refractivity contribution is 5.87. The fourth-order valence-electron chi connectivity index (χ4n) is 3.45. The number of hydrogen-bond donors (Lipinski definition) is 1. The van der Waals surface area contributed by atoms with Gasteiger partial charge in [0.2, 0.25) is 0 Å². The third-order valence-electron chi connectivity index (χ3n) is 4.84. The summed E-state index contributed by atoms with van der Waals surface area (Å²) in [5.41, 5.74) is 5.15. The fourth-order valence-corrected chi connectivity index (χ4v) is 3.45. The Bertz CT molecular complexity index is 678. The van der Waals surface area contributed by atoms with Crippen LogP contribution in [0.5, 0.6) is 11.5 Å². The first-order chi connectivity index (χ1) is 12.2. The highest BCUT2D eigenvalue weighted by Crippen LogP contribution is 2.30. The van der Waals surface area contributed by atoms with Gasteiger partial charge in [-0.3, -0.25) is 4.90 Å². The maximum absolute atomic E-state index is 5.32. The van der Waals surface area contributed by atoms with Gasteiger partial charge in [-0.2, -0.15) is 0 Å². The average molecular weight is 419 g/mol. The number of ether oxygens (including phenoxy) is 2. The van der Waals surface area contributed by atoms with Crippen molar-refractivity contribution < 1.29 is 31.4 Å². The summed E-state index contributed by atoms with van der Waals surface area (Å²) in [7, 11) is 3.41. The fraction of sp³-hybridized carbons (Fsp3) is 0.333. The van der Waals surface area contributed by atoms with Crippen molar-refractivity contribution in [3.8, 4) is 11.5 Å². The molecule has 1 aliphatic heterocycles. The van der Waals surface area contributed by atoms with E-state index in [9.17, 15) is 0 Å². The Morgan fingerprint density at radius 3 is 1.77 bits per heavy atom. The minimum atomic E-state index is 0. The number of halogens is 1. The van der Waals surface area contributed by atoms with Crippen molar-refractivity contribution in [3.63, 3.8) is 0 Å². The summed E-state index contributed by atoms with van der Waals surface area (Å²) in [6.07, 6.45) is 0. The van der Waals surface area contributed by atoms with Crippen LogP contribution in [0.1, 0.15) is 25.0 Å². The zero-order valence-electron chi connectivity index (χ0n) is 15.9. The lowest BCUT2D eigenvalue weighted by Crippen LogP contribution is -3.08. The van der Waals surface area contributed by atoms with E-state index >= 15 is 0 Å². The third kappa shape index (κ3) is 3.89. The summed E-state index contributed by atoms with van der Waals surface area (Å²) < 4.78 is 10.6. The topological polar surface area (TPSA) is 26.1 Å². The molecule has 0 amide bonds. The van der Waals surface area contributed by atoms with Gasteiger partial charge in [0.15, 0.2) is 12.4 Å². The number of quaternary nitrogens is 1. The number of benzene rings is 2. The van der Waals surface area contributed by atoms with Gasteiger partial charge in [-0.25, -0.2) is 0 Å². The van der Waals surface area contributed by atoms with E-state index in [1.807, 2.05) is 24.3 Å². The van der Waals surface area contributed by atoms with Crippen LogP contribution in [-0.2, 0) is 0 Å². The molecule has 0 radical (unpaired) electrons. The molecule has 0 saturated carbocycles. The molecule has 4 nitrogen and oxygen atoms in total. The predicted octanol–water partition coefficient (Wildman–Crippen LogP) is -0.269. The number of methoxy groups -OCH3 is 2. The molecule has 5 heteroatoms. The lowest BCUT2D eigenvalue weighted by molar-refractivity contribution is -0.826. The summed E-state index contributed by atoms with van der Waals surface area (Å²) in [6.45, 7) is 7.50. The summed E-state index contributed by atoms with van der Waals surface area (Å²) in [5, 5.41) is 0. The standard InChI is InChI=1S/C21H26N2O2.BrH/c1-5-22-15-23(6-2)21(17-9-13-19(25-4)14-10-17)20(22)16-7-11-18(24-3)12-8-16;/h7-14H,5-6,15H2,1-4H3;1H. The largest absolute Gasteiger partial charge is 1.00 e. The predicted molar refractivity (Wildman–Crippen MR) is 102 cm³/mol. The Labute approximate surface area is 166 Å². The van der Waals surface area contributed by atoms with Crippen molar-refractivity contribution in [2.24, 2.45) is 0 Å². The summed E-state index contributed by atoms with van der Waals surface area (Å²) in [4.78, 5) is 3.94. The number of rotatable bonds is 6. The van der Waals surface area contributed by atoms with Crippen LogP contribution in [0.25, 0.3) is 11.4 Å². The number of hydrogen-bond acceptors (Lipinski definition) is 3. The Hall–Kier alpha value is -1.98. The van der Waals surface area contributed by atoms with E-state index in [1.165, 1.54) is 27.4 Å². The summed E-state index contributed by atoms with van der Waals surface area (Å²) in [5.74, 6) is 1.77. The van der Waals surface area contributed by atoms with Crippen molar-refractivity contribution in [1.82, 2.24) is 4.90 Å². The van der Waals surface area contributed by atoms with Crippen LogP contribution in [0.15, 0.2) is 48.5 Å². The molecule has 0 aromatic heterocycles. The van der Waals surface area contributed by atoms with Gasteiger partial charge in [0.25, 0.3) is 0 Å². The van der Waals surface area contributed by atoms with E-state index in [4.69, 9.17) is 9.47 Å². The monoisotopic (exact) mass is 418 g/mol. The molecule has 1 heterocycles. The normalized spacial score (nSPS) is 16.5. The molecule has 1 aliphatic rings. The molecule has 0 saturated heterocycles. The van der Waals surface area contributed by atoms with Gasteiger partial charge in [-0.15, -0.1) is 0 Å². The Balaban J connectivity index is 0.00000243. The van der Waals surface area contributed by atoms with Crippen LogP contribution in [-0.4, -0.2) is 38.9 Å². The first kappa shape index (κ1) is 20.3. The van der Waals surface area contributed by atoms with E-state index in [2.05, 4.69) is 43.0 Å². The molecule has 2 aromatic rings. The van der Waals surface area contributed by atoms with Gasteiger partial charge in [0, 0.05) is 17.7 Å². The van der Waals surface area contributed by atoms with Gasteiger partial charge in [-0.05, 0) is 62.4 Å². The Morgan fingerprint density at radius 1 is 0.846 bits per heavy atom. The Morgan fingerprint density at radius 2 is 1.35 bits per heavy atom. The van der Waals surface area contributed by atoms with Crippen LogP contribution in [0.2, 0.25) is 0 Å². The van der Waals surface area contributed by atoms with Crippen LogP contribution >= 0.6 is 0 Å². The zero-order chi connectivity index (χ0) is 17.8. The minimum absolute atomic E-state index is 0. The molecule has 1 N–H and O–H groups in total. The quantitative estimate of drug-likeness (QED) is 0.699. The van der Waals surface area contributed by atoms with Crippen LogP contribution in [0.3, 0.4) is 0 Å². The highest BCUT2D eigenvalue weighted by atomic mass is 79.9. The van der Waals surface area contributed by atoms with Gasteiger partial charge in [0.1, 0.15) is 17.2 Å². The highest BCUT2D eigenvalue weighted by Gasteiger charge is 2.33. The molecule has 0 bridgehead atoms. The van der Waals surface area contributed by atoms with Gasteiger partial charge in [-0.1, -0.05) is 0 Å². The number of nitrogens with one attached hydrogen (secondary N) is 1. The first-order valence-electron chi connectivity index (χ1n) is 8.84. The van der Waals surface area contributed by atoms with E-state index < -0.39 is 0 Å². The summed E-state index contributed by atoms with van der Waals surface area (Å²) in [6, 6.07) is 16.8. The van der Waals surface area contributed by atoms with Crippen molar-refractivity contribution in [1.29, 1.82) is 0 Å². The third-order valence-corrected chi connectivity index (χ3v) is 4.84. The Kier molecular flexibility index (Phi) is 7.12. The second kappa shape index (κ2) is 9.10. The van der Waals surface area contributed by atoms with Crippen molar-refractivity contribution in [2.45, 2.75) is 13.8 Å². The smallest absolute Gasteiger partial charge is 0.164 e. The molecular weight excluding hydrogens is 392 g/mol. The average Bonchev–Trinajstić information content (AvgIpc) is 3.06. The van der Waals surface area contributed by atoms with E-state index in [0.29, 0.717) is 0 Å². The van der Waals surface area contributed by atoms with Crippen molar-refractivity contribution >= 4 is 11.4 Å². The van der Waals surface area contributed by atoms with Crippen LogP contribution in [0, 0.1) is 0 Å². The molecule has 0 spiro atoms. The molecule has 0 fully saturated rings. The SMILES string of the molecule is CCN1C[NH+](CC)C(c2ccc(OC)cc2)=C1c1ccc(OC)cc1.[Br-]. The zero-order valence-corrected chi connectivity index (χ0v) is 17.5. The minimum Gasteiger partial charge on any atom is -1.00 e. The first-order valence-corrected chi connectivity index (χ1v) is 8.84. The molecule has 1 atom stereocenters. The molecule has 26 heavy (non-hydrogen) atoms. The van der Waals surface area contributed by atoms with E-state index in [-0.39, 0.29) is 17.0 Å². The molecule has 2 aromatic carbocycles. The van der Waals surface area contributed by atoms with Gasteiger partial charge in [0.05, 0.1) is 20.8 Å². The number of nitrogens with zero attached hydrogens (tertiary/aromatic N) is 1. The molecule has 1 unspecified atom stereocenters. The van der Waals surface area contributed by atoms with E-state index in [1.54, 1.807) is 14.2 Å². The maximum Gasteiger partial charge on any atom is 0.164 e. The van der Waals surface area contributed by atoms with Crippen molar-refractivity contribution in [2.75, 3.05) is 34.0 Å². The molecular formula is C21H27BrN2O2. The van der Waals surface area contributed by atoms with Crippen LogP contribution in [0.4, 0.5) is 0 Å². The molecule has 0 aliphatic carbocycles. The molecule has 140 valence electrons. The molecule has 3 rings (SSSR count). The van der Waals surface area contributed by atoms with Gasteiger partial charge >= 0.3 is 0 Å². The lowest BCUT2D eigenvalue weighted by atomic mass is 10.0. The lowest BCUT2D eigenvalue weighted by Gasteiger charge is -2.18. The second-order valence-electron chi connectivity index (χ2n) is 6.15. The van der Waals surface area contributed by atoms with Gasteiger partial charge < -0.3 is 31.4 Å². The van der Waals surface area contributed by atoms with E-state index in [0.717, 1.165) is 31.3 Å². The maximum atomic E-state index is 5.32. The van der Waals surface area contributed by atoms with Crippen LogP contribution < -0.4 is 31.4 Å². The second-order valence-corrected chi connectivity index (χ2v) is 6.15. The van der Waals surface area contributed by atoms with Crippen molar-refractivity contribution in [3.05, 3.63) is 59.7 Å².